The van der Waals surface area contributed by atoms with Gasteiger partial charge in [-0.1, -0.05) is 37.3 Å². The molecule has 0 aliphatic heterocycles. The molecule has 2 amide bonds. The maximum atomic E-state index is 12.2. The average molecular weight is 310 g/mol. The van der Waals surface area contributed by atoms with E-state index in [0.717, 1.165) is 17.5 Å². The van der Waals surface area contributed by atoms with E-state index in [-0.39, 0.29) is 11.8 Å². The number of aryl methyl sites for hydroxylation is 1. The molecule has 2 rings (SSSR count). The second-order valence-corrected chi connectivity index (χ2v) is 5.45. The topological polar surface area (TPSA) is 58.2 Å². The van der Waals surface area contributed by atoms with Crippen molar-refractivity contribution in [3.63, 3.8) is 0 Å². The molecule has 4 nitrogen and oxygen atoms in total. The highest BCUT2D eigenvalue weighted by Crippen LogP contribution is 2.08. The summed E-state index contributed by atoms with van der Waals surface area (Å²) in [6.45, 7) is 5.04. The normalized spacial score (nSPS) is 10.2. The third-order valence-electron chi connectivity index (χ3n) is 3.59. The molecule has 2 aromatic carbocycles. The fraction of sp³-hybridized carbons (Fsp3) is 0.263. The lowest BCUT2D eigenvalue weighted by Crippen LogP contribution is -2.24. The minimum absolute atomic E-state index is 0.0673. The molecule has 2 aromatic rings. The molecule has 0 unspecified atom stereocenters. The zero-order chi connectivity index (χ0) is 16.7. The predicted octanol–water partition coefficient (Wildman–Crippen LogP) is 3.06. The first kappa shape index (κ1) is 16.7. The Balaban J connectivity index is 1.93. The fourth-order valence-electron chi connectivity index (χ4n) is 2.22. The summed E-state index contributed by atoms with van der Waals surface area (Å²) in [7, 11) is 0. The maximum Gasteiger partial charge on any atom is 0.251 e. The smallest absolute Gasteiger partial charge is 0.251 e. The van der Waals surface area contributed by atoms with Gasteiger partial charge in [-0.15, -0.1) is 0 Å². The number of hydrogen-bond donors (Lipinski definition) is 2. The fourth-order valence-corrected chi connectivity index (χ4v) is 2.22. The van der Waals surface area contributed by atoms with Crippen molar-refractivity contribution in [1.29, 1.82) is 0 Å². The van der Waals surface area contributed by atoms with Crippen molar-refractivity contribution in [1.82, 2.24) is 10.6 Å². The van der Waals surface area contributed by atoms with Gasteiger partial charge in [-0.25, -0.2) is 0 Å². The summed E-state index contributed by atoms with van der Waals surface area (Å²) in [5.74, 6) is -0.157. The van der Waals surface area contributed by atoms with Gasteiger partial charge in [0.15, 0.2) is 0 Å². The van der Waals surface area contributed by atoms with Crippen molar-refractivity contribution in [3.8, 4) is 0 Å². The monoisotopic (exact) mass is 310 g/mol. The molecule has 4 heteroatoms. The summed E-state index contributed by atoms with van der Waals surface area (Å²) in [6.07, 6.45) is 0.911. The van der Waals surface area contributed by atoms with E-state index in [1.54, 1.807) is 12.1 Å². The number of nitrogens with one attached hydrogen (secondary N) is 2. The summed E-state index contributed by atoms with van der Waals surface area (Å²) in [4.78, 5) is 24.0. The van der Waals surface area contributed by atoms with Gasteiger partial charge in [-0.2, -0.15) is 0 Å². The van der Waals surface area contributed by atoms with E-state index in [1.807, 2.05) is 50.2 Å². The van der Waals surface area contributed by atoms with E-state index < -0.39 is 0 Å². The van der Waals surface area contributed by atoms with Crippen LogP contribution in [0, 0.1) is 6.92 Å². The van der Waals surface area contributed by atoms with Crippen LogP contribution >= 0.6 is 0 Å². The van der Waals surface area contributed by atoms with Crippen molar-refractivity contribution < 1.29 is 9.59 Å². The van der Waals surface area contributed by atoms with Gasteiger partial charge in [-0.3, -0.25) is 9.59 Å². The van der Waals surface area contributed by atoms with Crippen molar-refractivity contribution >= 4 is 11.8 Å². The zero-order valence-electron chi connectivity index (χ0n) is 13.6. The van der Waals surface area contributed by atoms with Crippen LogP contribution in [-0.4, -0.2) is 18.4 Å². The summed E-state index contributed by atoms with van der Waals surface area (Å²) in [6, 6.07) is 14.8. The lowest BCUT2D eigenvalue weighted by Gasteiger charge is -2.08. The molecule has 0 aliphatic carbocycles. The van der Waals surface area contributed by atoms with Crippen molar-refractivity contribution in [2.75, 3.05) is 6.54 Å². The highest BCUT2D eigenvalue weighted by Gasteiger charge is 2.08. The minimum atomic E-state index is -0.0899. The van der Waals surface area contributed by atoms with Crippen molar-refractivity contribution in [3.05, 3.63) is 70.8 Å². The maximum absolute atomic E-state index is 12.2. The number of amides is 2. The van der Waals surface area contributed by atoms with Crippen LogP contribution in [0.4, 0.5) is 0 Å². The zero-order valence-corrected chi connectivity index (χ0v) is 13.6. The van der Waals surface area contributed by atoms with Crippen LogP contribution in [0.5, 0.6) is 0 Å². The van der Waals surface area contributed by atoms with Crippen LogP contribution in [0.3, 0.4) is 0 Å². The van der Waals surface area contributed by atoms with Crippen molar-refractivity contribution in [2.45, 2.75) is 26.8 Å². The van der Waals surface area contributed by atoms with E-state index in [0.29, 0.717) is 24.2 Å². The van der Waals surface area contributed by atoms with E-state index in [2.05, 4.69) is 10.6 Å². The molecule has 0 saturated heterocycles. The number of carbonyl (C=O) groups is 2. The molecule has 23 heavy (non-hydrogen) atoms. The molecule has 0 spiro atoms. The lowest BCUT2D eigenvalue weighted by molar-refractivity contribution is 0.0942. The van der Waals surface area contributed by atoms with Gasteiger partial charge in [0.1, 0.15) is 0 Å². The van der Waals surface area contributed by atoms with Gasteiger partial charge in [-0.05, 0) is 42.7 Å². The summed E-state index contributed by atoms with van der Waals surface area (Å²) in [5, 5.41) is 5.74. The summed E-state index contributed by atoms with van der Waals surface area (Å²) in [5.41, 5.74) is 3.22. The van der Waals surface area contributed by atoms with Crippen LogP contribution in [0.1, 0.15) is 45.2 Å². The molecule has 120 valence electrons. The highest BCUT2D eigenvalue weighted by atomic mass is 16.2. The predicted molar refractivity (Wildman–Crippen MR) is 91.4 cm³/mol. The SMILES string of the molecule is CCCNC(=O)c1ccc(CNC(=O)c2ccccc2C)cc1. The van der Waals surface area contributed by atoms with E-state index in [4.69, 9.17) is 0 Å². The second kappa shape index (κ2) is 8.13. The van der Waals surface area contributed by atoms with E-state index in [9.17, 15) is 9.59 Å². The molecule has 0 atom stereocenters. The number of benzene rings is 2. The Morgan fingerprint density at radius 1 is 0.913 bits per heavy atom. The Bertz CT molecular complexity index is 678. The van der Waals surface area contributed by atoms with Gasteiger partial charge in [0, 0.05) is 24.2 Å². The Kier molecular flexibility index (Phi) is 5.92. The van der Waals surface area contributed by atoms with Gasteiger partial charge < -0.3 is 10.6 Å². The van der Waals surface area contributed by atoms with Crippen molar-refractivity contribution in [2.24, 2.45) is 0 Å². The molecule has 0 bridgehead atoms. The largest absolute Gasteiger partial charge is 0.352 e. The number of rotatable bonds is 6. The molecular formula is C19H22N2O2. The average Bonchev–Trinajstić information content (AvgIpc) is 2.58. The Hall–Kier alpha value is -2.62. The molecule has 0 aromatic heterocycles. The molecule has 2 N–H and O–H groups in total. The first-order chi connectivity index (χ1) is 11.1. The first-order valence-electron chi connectivity index (χ1n) is 7.82. The van der Waals surface area contributed by atoms with Crippen LogP contribution in [0.25, 0.3) is 0 Å². The standard InChI is InChI=1S/C19H22N2O2/c1-3-12-20-18(22)16-10-8-15(9-11-16)13-21-19(23)17-7-5-4-6-14(17)2/h4-11H,3,12-13H2,1-2H3,(H,20,22)(H,21,23). The number of carbonyl (C=O) groups excluding carboxylic acids is 2. The second-order valence-electron chi connectivity index (χ2n) is 5.45. The molecule has 0 radical (unpaired) electrons. The minimum Gasteiger partial charge on any atom is -0.352 e. The molecule has 0 fully saturated rings. The Morgan fingerprint density at radius 3 is 2.26 bits per heavy atom. The van der Waals surface area contributed by atoms with Gasteiger partial charge in [0.05, 0.1) is 0 Å². The van der Waals surface area contributed by atoms with E-state index >= 15 is 0 Å². The van der Waals surface area contributed by atoms with Gasteiger partial charge in [0.2, 0.25) is 0 Å². The van der Waals surface area contributed by atoms with Gasteiger partial charge in [0.25, 0.3) is 11.8 Å². The Morgan fingerprint density at radius 2 is 1.61 bits per heavy atom. The van der Waals surface area contributed by atoms with E-state index in [1.165, 1.54) is 0 Å². The third kappa shape index (κ3) is 4.68. The third-order valence-corrected chi connectivity index (χ3v) is 3.59. The van der Waals surface area contributed by atoms with Gasteiger partial charge >= 0.3 is 0 Å². The van der Waals surface area contributed by atoms with Crippen LogP contribution in [0.15, 0.2) is 48.5 Å². The molecular weight excluding hydrogens is 288 g/mol. The quantitative estimate of drug-likeness (QED) is 0.861. The lowest BCUT2D eigenvalue weighted by atomic mass is 10.1. The summed E-state index contributed by atoms with van der Waals surface area (Å²) >= 11 is 0. The molecule has 0 heterocycles. The summed E-state index contributed by atoms with van der Waals surface area (Å²) < 4.78 is 0. The number of hydrogen-bond acceptors (Lipinski definition) is 2. The van der Waals surface area contributed by atoms with Crippen LogP contribution in [0.2, 0.25) is 0 Å². The highest BCUT2D eigenvalue weighted by molar-refractivity contribution is 5.95. The first-order valence-corrected chi connectivity index (χ1v) is 7.82. The van der Waals surface area contributed by atoms with Crippen LogP contribution < -0.4 is 10.6 Å². The Labute approximate surface area is 136 Å². The molecule has 0 aliphatic rings. The van der Waals surface area contributed by atoms with Crippen LogP contribution in [-0.2, 0) is 6.54 Å². The molecule has 0 saturated carbocycles.